The minimum absolute atomic E-state index is 0.0224. The van der Waals surface area contributed by atoms with Gasteiger partial charge < -0.3 is 10.1 Å². The van der Waals surface area contributed by atoms with Gasteiger partial charge in [-0.15, -0.1) is 0 Å². The van der Waals surface area contributed by atoms with Crippen molar-refractivity contribution < 1.29 is 5.11 Å². The number of hydrogen-bond donors (Lipinski definition) is 2. The number of rotatable bonds is 9. The van der Waals surface area contributed by atoms with E-state index in [4.69, 9.17) is 5.11 Å². The van der Waals surface area contributed by atoms with E-state index in [1.54, 1.807) is 0 Å². The zero-order valence-corrected chi connectivity index (χ0v) is 11.3. The van der Waals surface area contributed by atoms with Gasteiger partial charge in [-0.2, -0.15) is 0 Å². The van der Waals surface area contributed by atoms with Crippen LogP contribution in [0.5, 0.6) is 0 Å². The first-order valence-corrected chi connectivity index (χ1v) is 6.99. The van der Waals surface area contributed by atoms with Crippen molar-refractivity contribution in [3.63, 3.8) is 0 Å². The Kier molecular flexibility index (Phi) is 6.94. The van der Waals surface area contributed by atoms with E-state index in [0.717, 1.165) is 18.7 Å². The van der Waals surface area contributed by atoms with Gasteiger partial charge in [0.05, 0.1) is 5.69 Å². The summed E-state index contributed by atoms with van der Waals surface area (Å²) < 4.78 is 0. The molecule has 0 atom stereocenters. The van der Waals surface area contributed by atoms with E-state index >= 15 is 0 Å². The highest BCUT2D eigenvalue weighted by molar-refractivity contribution is 5.15. The zero-order chi connectivity index (χ0) is 12.5. The Hall–Kier alpha value is -0.830. The number of unbranched alkanes of at least 4 members (excludes halogenated alkanes) is 4. The smallest absolute Gasteiger partial charge is 0.132 e. The van der Waals surface area contributed by atoms with E-state index in [1.807, 2.05) is 0 Å². The molecule has 0 saturated heterocycles. The highest BCUT2D eigenvalue weighted by Crippen LogP contribution is 2.14. The summed E-state index contributed by atoms with van der Waals surface area (Å²) in [5, 5.41) is 9.12. The largest absolute Gasteiger partial charge is 0.388 e. The molecule has 0 aliphatic rings. The Labute approximate surface area is 105 Å². The molecule has 3 heteroatoms. The summed E-state index contributed by atoms with van der Waals surface area (Å²) in [6.07, 6.45) is 9.54. The van der Waals surface area contributed by atoms with Gasteiger partial charge in [-0.3, -0.25) is 0 Å². The third-order valence-corrected chi connectivity index (χ3v) is 3.11. The van der Waals surface area contributed by atoms with Crippen LogP contribution in [-0.2, 0) is 19.4 Å². The first-order valence-electron chi connectivity index (χ1n) is 6.99. The molecule has 0 bridgehead atoms. The number of hydrogen-bond acceptors (Lipinski definition) is 2. The van der Waals surface area contributed by atoms with Crippen LogP contribution < -0.4 is 0 Å². The first kappa shape index (κ1) is 14.2. The second kappa shape index (κ2) is 8.29. The van der Waals surface area contributed by atoms with Crippen LogP contribution >= 0.6 is 0 Å². The normalized spacial score (nSPS) is 11.0. The van der Waals surface area contributed by atoms with Crippen molar-refractivity contribution in [3.05, 3.63) is 17.2 Å². The average molecular weight is 238 g/mol. The number of nitrogens with one attached hydrogen (secondary N) is 1. The number of nitrogens with zero attached hydrogens (tertiary/aromatic N) is 1. The lowest BCUT2D eigenvalue weighted by Crippen LogP contribution is -1.94. The summed E-state index contributed by atoms with van der Waals surface area (Å²) in [6, 6.07) is 0. The average Bonchev–Trinajstić information content (AvgIpc) is 2.73. The summed E-state index contributed by atoms with van der Waals surface area (Å²) in [4.78, 5) is 7.73. The van der Waals surface area contributed by atoms with E-state index in [2.05, 4.69) is 23.8 Å². The topological polar surface area (TPSA) is 48.9 Å². The molecule has 0 fully saturated rings. The molecule has 17 heavy (non-hydrogen) atoms. The van der Waals surface area contributed by atoms with Crippen molar-refractivity contribution in [3.8, 4) is 0 Å². The van der Waals surface area contributed by atoms with Crippen LogP contribution in [0.3, 0.4) is 0 Å². The van der Waals surface area contributed by atoms with Crippen LogP contribution in [0, 0.1) is 0 Å². The Balaban J connectivity index is 2.54. The molecular weight excluding hydrogens is 212 g/mol. The summed E-state index contributed by atoms with van der Waals surface area (Å²) in [5.41, 5.74) is 2.43. The minimum atomic E-state index is 0.0224. The number of H-pyrrole nitrogens is 1. The standard InChI is InChI=1S/C14H26N2O/c1-3-5-7-9-12-13(10-8-6-4-2)16-14(11-17)15-12/h17H,3-11H2,1-2H3,(H,15,16). The van der Waals surface area contributed by atoms with E-state index in [9.17, 15) is 0 Å². The Morgan fingerprint density at radius 1 is 1.00 bits per heavy atom. The molecule has 0 aliphatic heterocycles. The monoisotopic (exact) mass is 238 g/mol. The predicted octanol–water partition coefficient (Wildman–Crippen LogP) is 3.37. The molecule has 0 radical (unpaired) electrons. The molecule has 1 heterocycles. The third-order valence-electron chi connectivity index (χ3n) is 3.11. The molecule has 0 unspecified atom stereocenters. The summed E-state index contributed by atoms with van der Waals surface area (Å²) >= 11 is 0. The highest BCUT2D eigenvalue weighted by Gasteiger charge is 2.08. The molecule has 0 amide bonds. The third kappa shape index (κ3) is 4.90. The Morgan fingerprint density at radius 3 is 2.24 bits per heavy atom. The molecule has 2 N–H and O–H groups in total. The quantitative estimate of drug-likeness (QED) is 0.648. The fourth-order valence-corrected chi connectivity index (χ4v) is 2.09. The van der Waals surface area contributed by atoms with Gasteiger partial charge in [-0.25, -0.2) is 4.98 Å². The summed E-state index contributed by atoms with van der Waals surface area (Å²) in [6.45, 7) is 4.45. The second-order valence-corrected chi connectivity index (χ2v) is 4.68. The van der Waals surface area contributed by atoms with E-state index < -0.39 is 0 Å². The van der Waals surface area contributed by atoms with Gasteiger partial charge in [0.2, 0.25) is 0 Å². The van der Waals surface area contributed by atoms with Crippen LogP contribution in [-0.4, -0.2) is 15.1 Å². The molecule has 0 aromatic carbocycles. The molecule has 1 rings (SSSR count). The number of aliphatic hydroxyl groups excluding tert-OH is 1. The lowest BCUT2D eigenvalue weighted by molar-refractivity contribution is 0.272. The van der Waals surface area contributed by atoms with Crippen molar-refractivity contribution in [2.75, 3.05) is 0 Å². The van der Waals surface area contributed by atoms with Gasteiger partial charge in [0, 0.05) is 5.69 Å². The van der Waals surface area contributed by atoms with Crippen LogP contribution in [0.4, 0.5) is 0 Å². The number of imidazole rings is 1. The number of aliphatic hydroxyl groups is 1. The molecule has 0 spiro atoms. The highest BCUT2D eigenvalue weighted by atomic mass is 16.3. The van der Waals surface area contributed by atoms with Gasteiger partial charge in [-0.1, -0.05) is 39.5 Å². The molecule has 98 valence electrons. The predicted molar refractivity (Wildman–Crippen MR) is 71.0 cm³/mol. The molecule has 0 aliphatic carbocycles. The fraction of sp³-hybridized carbons (Fsp3) is 0.786. The van der Waals surface area contributed by atoms with Gasteiger partial charge in [-0.05, 0) is 25.7 Å². The Bertz CT molecular complexity index is 280. The SMILES string of the molecule is CCCCCc1nc(CO)[nH]c1CCCCC. The lowest BCUT2D eigenvalue weighted by atomic mass is 10.1. The van der Waals surface area contributed by atoms with E-state index in [-0.39, 0.29) is 6.61 Å². The van der Waals surface area contributed by atoms with Crippen molar-refractivity contribution in [1.29, 1.82) is 0 Å². The second-order valence-electron chi connectivity index (χ2n) is 4.68. The van der Waals surface area contributed by atoms with Gasteiger partial charge in [0.1, 0.15) is 12.4 Å². The summed E-state index contributed by atoms with van der Waals surface area (Å²) in [7, 11) is 0. The van der Waals surface area contributed by atoms with Gasteiger partial charge in [0.25, 0.3) is 0 Å². The summed E-state index contributed by atoms with van der Waals surface area (Å²) in [5.74, 6) is 0.725. The van der Waals surface area contributed by atoms with Crippen molar-refractivity contribution in [2.45, 2.75) is 71.8 Å². The van der Waals surface area contributed by atoms with E-state index in [1.165, 1.54) is 49.9 Å². The fourth-order valence-electron chi connectivity index (χ4n) is 2.09. The molecule has 1 aromatic heterocycles. The van der Waals surface area contributed by atoms with E-state index in [0.29, 0.717) is 0 Å². The molecule has 3 nitrogen and oxygen atoms in total. The van der Waals surface area contributed by atoms with Crippen LogP contribution in [0.15, 0.2) is 0 Å². The maximum atomic E-state index is 9.12. The van der Waals surface area contributed by atoms with Crippen molar-refractivity contribution in [2.24, 2.45) is 0 Å². The number of aryl methyl sites for hydroxylation is 2. The number of aromatic amines is 1. The number of aromatic nitrogens is 2. The molecule has 1 aromatic rings. The minimum Gasteiger partial charge on any atom is -0.388 e. The maximum Gasteiger partial charge on any atom is 0.132 e. The maximum absolute atomic E-state index is 9.12. The van der Waals surface area contributed by atoms with Gasteiger partial charge >= 0.3 is 0 Å². The zero-order valence-electron chi connectivity index (χ0n) is 11.3. The van der Waals surface area contributed by atoms with Crippen molar-refractivity contribution in [1.82, 2.24) is 9.97 Å². The molecular formula is C14H26N2O. The Morgan fingerprint density at radius 2 is 1.65 bits per heavy atom. The van der Waals surface area contributed by atoms with Crippen molar-refractivity contribution >= 4 is 0 Å². The first-order chi connectivity index (χ1) is 8.31. The van der Waals surface area contributed by atoms with Gasteiger partial charge in [0.15, 0.2) is 0 Å². The molecule has 0 saturated carbocycles. The van der Waals surface area contributed by atoms with Crippen LogP contribution in [0.2, 0.25) is 0 Å². The lowest BCUT2D eigenvalue weighted by Gasteiger charge is -2.02. The van der Waals surface area contributed by atoms with Crippen LogP contribution in [0.25, 0.3) is 0 Å². The van der Waals surface area contributed by atoms with Crippen LogP contribution in [0.1, 0.15) is 69.6 Å².